The minimum Gasteiger partial charge on any atom is -0.273 e. The molecule has 0 radical (unpaired) electrons. The zero-order valence-electron chi connectivity index (χ0n) is 12.6. The third kappa shape index (κ3) is 2.33. The summed E-state index contributed by atoms with van der Waals surface area (Å²) in [5.74, 6) is 0.235. The van der Waals surface area contributed by atoms with Crippen LogP contribution in [0.5, 0.6) is 0 Å². The minimum atomic E-state index is 0.0490. The summed E-state index contributed by atoms with van der Waals surface area (Å²) >= 11 is 0. The number of benzene rings is 2. The first kappa shape index (κ1) is 13.3. The maximum Gasteiger partial charge on any atom is 0.243 e. The second-order valence-electron chi connectivity index (χ2n) is 6.15. The summed E-state index contributed by atoms with van der Waals surface area (Å²) in [6, 6.07) is 15.0. The number of hydrazone groups is 1. The lowest BCUT2D eigenvalue weighted by Crippen LogP contribution is -2.20. The summed E-state index contributed by atoms with van der Waals surface area (Å²) in [6.45, 7) is 1.94. The van der Waals surface area contributed by atoms with E-state index in [1.807, 2.05) is 6.92 Å². The Balaban J connectivity index is 1.58. The van der Waals surface area contributed by atoms with Gasteiger partial charge in [0.25, 0.3) is 0 Å². The first-order chi connectivity index (χ1) is 10.7. The van der Waals surface area contributed by atoms with E-state index in [1.54, 1.807) is 0 Å². The first-order valence-corrected chi connectivity index (χ1v) is 7.78. The van der Waals surface area contributed by atoms with Crippen LogP contribution < -0.4 is 5.43 Å². The standard InChI is InChI=1S/C19H18N2O/c1-12(20-21-19(22)13-6-7-13)14-8-9-18-16(10-14)11-15-4-2-3-5-17(15)18/h2-5,8-10,13H,6-7,11H2,1H3,(H,21,22)/b20-12-. The molecule has 2 aliphatic carbocycles. The van der Waals surface area contributed by atoms with Crippen LogP contribution >= 0.6 is 0 Å². The first-order valence-electron chi connectivity index (χ1n) is 7.78. The fourth-order valence-corrected chi connectivity index (χ4v) is 3.01. The van der Waals surface area contributed by atoms with Crippen molar-refractivity contribution in [3.05, 3.63) is 59.2 Å². The van der Waals surface area contributed by atoms with Gasteiger partial charge in [-0.2, -0.15) is 5.10 Å². The van der Waals surface area contributed by atoms with Gasteiger partial charge in [-0.1, -0.05) is 36.4 Å². The number of amides is 1. The van der Waals surface area contributed by atoms with Crippen molar-refractivity contribution in [2.24, 2.45) is 11.0 Å². The molecule has 110 valence electrons. The van der Waals surface area contributed by atoms with Crippen molar-refractivity contribution in [1.82, 2.24) is 5.43 Å². The molecule has 0 unspecified atom stereocenters. The third-order valence-corrected chi connectivity index (χ3v) is 4.49. The molecule has 2 aromatic carbocycles. The van der Waals surface area contributed by atoms with Crippen molar-refractivity contribution in [3.63, 3.8) is 0 Å². The Hall–Kier alpha value is -2.42. The lowest BCUT2D eigenvalue weighted by Gasteiger charge is -2.06. The minimum absolute atomic E-state index is 0.0490. The molecule has 1 N–H and O–H groups in total. The maximum absolute atomic E-state index is 11.7. The zero-order valence-corrected chi connectivity index (χ0v) is 12.6. The predicted octanol–water partition coefficient (Wildman–Crippen LogP) is 3.51. The summed E-state index contributed by atoms with van der Waals surface area (Å²) in [5.41, 5.74) is 9.97. The van der Waals surface area contributed by atoms with E-state index in [2.05, 4.69) is 53.0 Å². The fraction of sp³-hybridized carbons (Fsp3) is 0.263. The van der Waals surface area contributed by atoms with Crippen molar-refractivity contribution >= 4 is 11.6 Å². The van der Waals surface area contributed by atoms with Crippen LogP contribution in [-0.4, -0.2) is 11.6 Å². The molecular formula is C19H18N2O. The smallest absolute Gasteiger partial charge is 0.243 e. The van der Waals surface area contributed by atoms with E-state index < -0.39 is 0 Å². The SMILES string of the molecule is C/C(=N/NC(=O)C1CC1)c1ccc2c(c1)Cc1ccccc1-2. The molecule has 0 saturated heterocycles. The highest BCUT2D eigenvalue weighted by Crippen LogP contribution is 2.36. The maximum atomic E-state index is 11.7. The number of nitrogens with zero attached hydrogens (tertiary/aromatic N) is 1. The molecule has 1 saturated carbocycles. The van der Waals surface area contributed by atoms with Crippen molar-refractivity contribution in [2.45, 2.75) is 26.2 Å². The van der Waals surface area contributed by atoms with Gasteiger partial charge in [-0.25, -0.2) is 5.43 Å². The molecule has 3 heteroatoms. The van der Waals surface area contributed by atoms with E-state index >= 15 is 0 Å². The molecule has 22 heavy (non-hydrogen) atoms. The molecule has 0 heterocycles. The number of carbonyl (C=O) groups excluding carboxylic acids is 1. The molecule has 2 aliphatic rings. The Morgan fingerprint density at radius 1 is 1.09 bits per heavy atom. The molecule has 3 nitrogen and oxygen atoms in total. The van der Waals surface area contributed by atoms with E-state index in [0.717, 1.165) is 30.5 Å². The van der Waals surface area contributed by atoms with Gasteiger partial charge in [0, 0.05) is 5.92 Å². The van der Waals surface area contributed by atoms with Crippen LogP contribution in [0.15, 0.2) is 47.6 Å². The Labute approximate surface area is 130 Å². The number of rotatable bonds is 3. The molecule has 1 fully saturated rings. The molecule has 0 aliphatic heterocycles. The molecule has 4 rings (SSSR count). The zero-order chi connectivity index (χ0) is 15.1. The van der Waals surface area contributed by atoms with Crippen molar-refractivity contribution in [1.29, 1.82) is 0 Å². The van der Waals surface area contributed by atoms with Crippen LogP contribution in [0.3, 0.4) is 0 Å². The lowest BCUT2D eigenvalue weighted by atomic mass is 10.0. The van der Waals surface area contributed by atoms with Crippen molar-refractivity contribution in [3.8, 4) is 11.1 Å². The third-order valence-electron chi connectivity index (χ3n) is 4.49. The van der Waals surface area contributed by atoms with Crippen molar-refractivity contribution in [2.75, 3.05) is 0 Å². The summed E-state index contributed by atoms with van der Waals surface area (Å²) in [7, 11) is 0. The van der Waals surface area contributed by atoms with E-state index in [-0.39, 0.29) is 11.8 Å². The van der Waals surface area contributed by atoms with E-state index in [1.165, 1.54) is 22.3 Å². The topological polar surface area (TPSA) is 41.5 Å². The van der Waals surface area contributed by atoms with E-state index in [9.17, 15) is 4.79 Å². The van der Waals surface area contributed by atoms with E-state index in [4.69, 9.17) is 0 Å². The molecule has 0 atom stereocenters. The number of hydrogen-bond acceptors (Lipinski definition) is 2. The van der Waals surface area contributed by atoms with Gasteiger partial charge in [0.2, 0.25) is 5.91 Å². The number of hydrogen-bond donors (Lipinski definition) is 1. The Morgan fingerprint density at radius 3 is 2.68 bits per heavy atom. The van der Waals surface area contributed by atoms with Gasteiger partial charge in [-0.05, 0) is 60.1 Å². The molecule has 0 bridgehead atoms. The van der Waals surface area contributed by atoms with Crippen molar-refractivity contribution < 1.29 is 4.79 Å². The normalized spacial score (nSPS) is 16.1. The van der Waals surface area contributed by atoms with Gasteiger partial charge >= 0.3 is 0 Å². The van der Waals surface area contributed by atoms with Gasteiger partial charge in [0.15, 0.2) is 0 Å². The molecular weight excluding hydrogens is 272 g/mol. The quantitative estimate of drug-likeness (QED) is 0.582. The molecule has 1 amide bonds. The lowest BCUT2D eigenvalue weighted by molar-refractivity contribution is -0.122. The van der Waals surface area contributed by atoms with Gasteiger partial charge in [0.1, 0.15) is 0 Å². The summed E-state index contributed by atoms with van der Waals surface area (Å²) in [5, 5.41) is 4.25. The highest BCUT2D eigenvalue weighted by molar-refractivity contribution is 6.00. The predicted molar refractivity (Wildman–Crippen MR) is 87.8 cm³/mol. The Kier molecular flexibility index (Phi) is 3.07. The van der Waals surface area contributed by atoms with Crippen LogP contribution in [0.2, 0.25) is 0 Å². The molecule has 0 spiro atoms. The van der Waals surface area contributed by atoms with Crippen LogP contribution in [0.1, 0.15) is 36.5 Å². The van der Waals surface area contributed by atoms with Crippen LogP contribution in [0.25, 0.3) is 11.1 Å². The second kappa shape index (κ2) is 5.09. The molecule has 0 aromatic heterocycles. The van der Waals surface area contributed by atoms with Crippen LogP contribution in [0, 0.1) is 5.92 Å². The van der Waals surface area contributed by atoms with Crippen LogP contribution in [0.4, 0.5) is 0 Å². The summed E-state index contributed by atoms with van der Waals surface area (Å²) < 4.78 is 0. The van der Waals surface area contributed by atoms with Gasteiger partial charge in [-0.15, -0.1) is 0 Å². The van der Waals surface area contributed by atoms with Gasteiger partial charge in [0.05, 0.1) is 5.71 Å². The second-order valence-corrected chi connectivity index (χ2v) is 6.15. The average Bonchev–Trinajstić information content (AvgIpc) is 3.32. The molecule has 2 aromatic rings. The van der Waals surface area contributed by atoms with Gasteiger partial charge < -0.3 is 0 Å². The number of carbonyl (C=O) groups is 1. The average molecular weight is 290 g/mol. The van der Waals surface area contributed by atoms with Gasteiger partial charge in [-0.3, -0.25) is 4.79 Å². The summed E-state index contributed by atoms with van der Waals surface area (Å²) in [4.78, 5) is 11.7. The number of fused-ring (bicyclic) bond motifs is 3. The monoisotopic (exact) mass is 290 g/mol. The highest BCUT2D eigenvalue weighted by atomic mass is 16.2. The Morgan fingerprint density at radius 2 is 1.86 bits per heavy atom. The number of nitrogens with one attached hydrogen (secondary N) is 1. The fourth-order valence-electron chi connectivity index (χ4n) is 3.01. The van der Waals surface area contributed by atoms with E-state index in [0.29, 0.717) is 0 Å². The Bertz CT molecular complexity index is 788. The highest BCUT2D eigenvalue weighted by Gasteiger charge is 2.29. The summed E-state index contributed by atoms with van der Waals surface area (Å²) in [6.07, 6.45) is 2.97. The largest absolute Gasteiger partial charge is 0.273 e. The van der Waals surface area contributed by atoms with Crippen LogP contribution in [-0.2, 0) is 11.2 Å².